The molecule has 1 amide bonds. The molecular formula is C8H17N3OS. The maximum absolute atomic E-state index is 10.8. The minimum absolute atomic E-state index is 0.0851. The van der Waals surface area contributed by atoms with Gasteiger partial charge in [0.2, 0.25) is 5.91 Å². The Morgan fingerprint density at radius 1 is 1.31 bits per heavy atom. The summed E-state index contributed by atoms with van der Waals surface area (Å²) in [5.41, 5.74) is 4.98. The summed E-state index contributed by atoms with van der Waals surface area (Å²) in [5.74, 6) is -0.0851. The van der Waals surface area contributed by atoms with Gasteiger partial charge in [-0.2, -0.15) is 0 Å². The predicted molar refractivity (Wildman–Crippen MR) is 57.1 cm³/mol. The fourth-order valence-electron chi connectivity index (χ4n) is 0.587. The molecule has 0 radical (unpaired) electrons. The summed E-state index contributed by atoms with van der Waals surface area (Å²) in [4.78, 5) is 10.8. The van der Waals surface area contributed by atoms with E-state index in [0.29, 0.717) is 11.5 Å². The summed E-state index contributed by atoms with van der Waals surface area (Å²) < 4.78 is 0. The third kappa shape index (κ3) is 7.52. The molecule has 0 bridgehead atoms. The van der Waals surface area contributed by atoms with Crippen LogP contribution in [0.15, 0.2) is 0 Å². The zero-order chi connectivity index (χ0) is 10.5. The van der Waals surface area contributed by atoms with Crippen molar-refractivity contribution in [2.24, 2.45) is 0 Å². The SMILES string of the molecule is CCC(=O)NNC(=S)NC(C)(C)C. The van der Waals surface area contributed by atoms with E-state index in [-0.39, 0.29) is 11.4 Å². The molecule has 0 aromatic heterocycles. The molecule has 0 fully saturated rings. The van der Waals surface area contributed by atoms with Crippen molar-refractivity contribution in [2.45, 2.75) is 39.7 Å². The molecule has 3 N–H and O–H groups in total. The topological polar surface area (TPSA) is 53.2 Å². The van der Waals surface area contributed by atoms with Crippen LogP contribution in [0.3, 0.4) is 0 Å². The third-order valence-corrected chi connectivity index (χ3v) is 1.33. The Hall–Kier alpha value is -0.840. The van der Waals surface area contributed by atoms with E-state index in [9.17, 15) is 4.79 Å². The summed E-state index contributed by atoms with van der Waals surface area (Å²) in [6.07, 6.45) is 0.436. The number of hydrogen-bond donors (Lipinski definition) is 3. The van der Waals surface area contributed by atoms with E-state index < -0.39 is 0 Å². The molecule has 0 unspecified atom stereocenters. The van der Waals surface area contributed by atoms with Gasteiger partial charge in [0.15, 0.2) is 5.11 Å². The van der Waals surface area contributed by atoms with Gasteiger partial charge in [0, 0.05) is 12.0 Å². The highest BCUT2D eigenvalue weighted by Crippen LogP contribution is 1.96. The fraction of sp³-hybridized carbons (Fsp3) is 0.750. The van der Waals surface area contributed by atoms with E-state index in [2.05, 4.69) is 16.2 Å². The number of hydrogen-bond acceptors (Lipinski definition) is 2. The monoisotopic (exact) mass is 203 g/mol. The molecule has 0 aliphatic rings. The number of thiocarbonyl (C=S) groups is 1. The van der Waals surface area contributed by atoms with E-state index in [4.69, 9.17) is 12.2 Å². The molecule has 0 aromatic rings. The maximum atomic E-state index is 10.8. The molecule has 0 aliphatic heterocycles. The molecule has 76 valence electrons. The molecule has 0 spiro atoms. The second kappa shape index (κ2) is 5.01. The largest absolute Gasteiger partial charge is 0.357 e. The van der Waals surface area contributed by atoms with Crippen molar-refractivity contribution in [3.05, 3.63) is 0 Å². The van der Waals surface area contributed by atoms with Crippen molar-refractivity contribution in [2.75, 3.05) is 0 Å². The zero-order valence-electron chi connectivity index (χ0n) is 8.52. The quantitative estimate of drug-likeness (QED) is 0.433. The van der Waals surface area contributed by atoms with Gasteiger partial charge < -0.3 is 5.32 Å². The molecule has 0 saturated heterocycles. The molecule has 13 heavy (non-hydrogen) atoms. The lowest BCUT2D eigenvalue weighted by Crippen LogP contribution is -2.52. The smallest absolute Gasteiger partial charge is 0.238 e. The van der Waals surface area contributed by atoms with Gasteiger partial charge in [-0.25, -0.2) is 0 Å². The zero-order valence-corrected chi connectivity index (χ0v) is 9.34. The molecular weight excluding hydrogens is 186 g/mol. The van der Waals surface area contributed by atoms with E-state index in [1.807, 2.05) is 20.8 Å². The Morgan fingerprint density at radius 3 is 2.23 bits per heavy atom. The van der Waals surface area contributed by atoms with Crippen molar-refractivity contribution in [3.63, 3.8) is 0 Å². The number of nitrogens with one attached hydrogen (secondary N) is 3. The van der Waals surface area contributed by atoms with Crippen LogP contribution in [-0.2, 0) is 4.79 Å². The second-order valence-electron chi connectivity index (χ2n) is 3.73. The van der Waals surface area contributed by atoms with E-state index in [1.165, 1.54) is 0 Å². The molecule has 0 atom stereocenters. The van der Waals surface area contributed by atoms with Crippen LogP contribution in [0.4, 0.5) is 0 Å². The van der Waals surface area contributed by atoms with Crippen LogP contribution in [-0.4, -0.2) is 16.6 Å². The average molecular weight is 203 g/mol. The minimum atomic E-state index is -0.0962. The fourth-order valence-corrected chi connectivity index (χ4v) is 0.944. The summed E-state index contributed by atoms with van der Waals surface area (Å²) in [6, 6.07) is 0. The first-order chi connectivity index (χ1) is 5.85. The lowest BCUT2D eigenvalue weighted by Gasteiger charge is -2.22. The number of hydrazine groups is 1. The van der Waals surface area contributed by atoms with Crippen LogP contribution in [0.25, 0.3) is 0 Å². The maximum Gasteiger partial charge on any atom is 0.238 e. The molecule has 0 heterocycles. The molecule has 0 saturated carbocycles. The van der Waals surface area contributed by atoms with Gasteiger partial charge in [0.25, 0.3) is 0 Å². The summed E-state index contributed by atoms with van der Waals surface area (Å²) in [7, 11) is 0. The molecule has 5 heteroatoms. The molecule has 0 aliphatic carbocycles. The lowest BCUT2D eigenvalue weighted by atomic mass is 10.1. The number of carbonyl (C=O) groups is 1. The van der Waals surface area contributed by atoms with Crippen LogP contribution in [0.5, 0.6) is 0 Å². The van der Waals surface area contributed by atoms with Gasteiger partial charge in [0.05, 0.1) is 0 Å². The van der Waals surface area contributed by atoms with Crippen LogP contribution in [0.2, 0.25) is 0 Å². The average Bonchev–Trinajstić information content (AvgIpc) is 1.97. The highest BCUT2D eigenvalue weighted by atomic mass is 32.1. The normalized spacial score (nSPS) is 10.5. The number of rotatable bonds is 1. The lowest BCUT2D eigenvalue weighted by molar-refractivity contribution is -0.121. The van der Waals surface area contributed by atoms with Crippen LogP contribution in [0, 0.1) is 0 Å². The first kappa shape index (κ1) is 12.2. The van der Waals surface area contributed by atoms with Crippen molar-refractivity contribution in [1.82, 2.24) is 16.2 Å². The van der Waals surface area contributed by atoms with Crippen molar-refractivity contribution >= 4 is 23.2 Å². The van der Waals surface area contributed by atoms with Gasteiger partial charge in [-0.05, 0) is 33.0 Å². The Balaban J connectivity index is 3.71. The van der Waals surface area contributed by atoms with Crippen LogP contribution >= 0.6 is 12.2 Å². The van der Waals surface area contributed by atoms with E-state index in [1.54, 1.807) is 6.92 Å². The van der Waals surface area contributed by atoms with Gasteiger partial charge in [-0.3, -0.25) is 15.6 Å². The van der Waals surface area contributed by atoms with Gasteiger partial charge in [-0.1, -0.05) is 6.92 Å². The van der Waals surface area contributed by atoms with Gasteiger partial charge in [0.1, 0.15) is 0 Å². The van der Waals surface area contributed by atoms with Crippen molar-refractivity contribution in [3.8, 4) is 0 Å². The Kier molecular flexibility index (Phi) is 4.69. The first-order valence-electron chi connectivity index (χ1n) is 4.22. The number of carbonyl (C=O) groups excluding carboxylic acids is 1. The Morgan fingerprint density at radius 2 is 1.85 bits per heavy atom. The van der Waals surface area contributed by atoms with Gasteiger partial charge in [-0.15, -0.1) is 0 Å². The van der Waals surface area contributed by atoms with Crippen LogP contribution < -0.4 is 16.2 Å². The summed E-state index contributed by atoms with van der Waals surface area (Å²) in [5, 5.41) is 3.43. The Labute approximate surface area is 84.4 Å². The first-order valence-corrected chi connectivity index (χ1v) is 4.63. The predicted octanol–water partition coefficient (Wildman–Crippen LogP) is 0.690. The van der Waals surface area contributed by atoms with Crippen molar-refractivity contribution < 1.29 is 4.79 Å². The standard InChI is InChI=1S/C8H17N3OS/c1-5-6(12)10-11-7(13)9-8(2,3)4/h5H2,1-4H3,(H,10,12)(H2,9,11,13). The van der Waals surface area contributed by atoms with E-state index in [0.717, 1.165) is 0 Å². The van der Waals surface area contributed by atoms with Crippen molar-refractivity contribution in [1.29, 1.82) is 0 Å². The second-order valence-corrected chi connectivity index (χ2v) is 4.14. The Bertz CT molecular complexity index is 198. The van der Waals surface area contributed by atoms with E-state index >= 15 is 0 Å². The molecule has 0 aromatic carbocycles. The third-order valence-electron chi connectivity index (χ3n) is 1.13. The summed E-state index contributed by atoms with van der Waals surface area (Å²) in [6.45, 7) is 7.74. The van der Waals surface area contributed by atoms with Crippen LogP contribution in [0.1, 0.15) is 34.1 Å². The van der Waals surface area contributed by atoms with Gasteiger partial charge >= 0.3 is 0 Å². The minimum Gasteiger partial charge on any atom is -0.357 e. The summed E-state index contributed by atoms with van der Waals surface area (Å²) >= 11 is 4.93. The number of amides is 1. The highest BCUT2D eigenvalue weighted by Gasteiger charge is 2.10. The molecule has 4 nitrogen and oxygen atoms in total. The molecule has 0 rings (SSSR count). The highest BCUT2D eigenvalue weighted by molar-refractivity contribution is 7.80.